The third kappa shape index (κ3) is 5.34. The summed E-state index contributed by atoms with van der Waals surface area (Å²) in [5.74, 6) is 0.168. The zero-order chi connectivity index (χ0) is 21.6. The monoisotopic (exact) mass is 438 g/mol. The van der Waals surface area contributed by atoms with Crippen molar-refractivity contribution in [2.75, 3.05) is 0 Å². The van der Waals surface area contributed by atoms with Gasteiger partial charge in [-0.1, -0.05) is 67.1 Å². The number of aryl methyl sites for hydroxylation is 1. The average Bonchev–Trinajstić information content (AvgIpc) is 3.43. The van der Waals surface area contributed by atoms with Gasteiger partial charge in [-0.15, -0.1) is 10.2 Å². The topological polar surface area (TPSA) is 59.8 Å². The number of nitrogens with zero attached hydrogens (tertiary/aromatic N) is 3. The van der Waals surface area contributed by atoms with Gasteiger partial charge in [0.1, 0.15) is 5.82 Å². The van der Waals surface area contributed by atoms with Crippen LogP contribution >= 0.6 is 11.8 Å². The molecule has 0 saturated heterocycles. The first-order chi connectivity index (χ1) is 15.1. The molecule has 1 fully saturated rings. The standard InChI is InChI=1S/C24H27FN4OS/c1-17(23(30)26-19-11-5-6-12-19)31-24-28-27-22(20-13-7-8-14-21(20)25)29(24)16-15-18-9-3-2-4-10-18/h2-4,7-10,13-14,17,19H,5-6,11-12,15-16H2,1H3,(H,26,30). The van der Waals surface area contributed by atoms with Crippen molar-refractivity contribution >= 4 is 17.7 Å². The van der Waals surface area contributed by atoms with E-state index in [0.29, 0.717) is 23.1 Å². The highest BCUT2D eigenvalue weighted by atomic mass is 32.2. The summed E-state index contributed by atoms with van der Waals surface area (Å²) in [5, 5.41) is 12.1. The van der Waals surface area contributed by atoms with Gasteiger partial charge in [-0.2, -0.15) is 0 Å². The van der Waals surface area contributed by atoms with Crippen molar-refractivity contribution in [1.82, 2.24) is 20.1 Å². The second-order valence-electron chi connectivity index (χ2n) is 7.92. The van der Waals surface area contributed by atoms with Gasteiger partial charge in [0.2, 0.25) is 5.91 Å². The first-order valence-electron chi connectivity index (χ1n) is 10.8. The van der Waals surface area contributed by atoms with Crippen molar-refractivity contribution in [1.29, 1.82) is 0 Å². The number of aromatic nitrogens is 3. The summed E-state index contributed by atoms with van der Waals surface area (Å²) in [6.45, 7) is 2.48. The Kier molecular flexibility index (Phi) is 7.02. The van der Waals surface area contributed by atoms with E-state index in [1.165, 1.54) is 36.2 Å². The summed E-state index contributed by atoms with van der Waals surface area (Å²) >= 11 is 1.37. The summed E-state index contributed by atoms with van der Waals surface area (Å²) in [6, 6.07) is 17.0. The van der Waals surface area contributed by atoms with E-state index >= 15 is 0 Å². The van der Waals surface area contributed by atoms with E-state index in [1.54, 1.807) is 18.2 Å². The molecule has 1 aliphatic carbocycles. The molecule has 3 aromatic rings. The van der Waals surface area contributed by atoms with Gasteiger partial charge in [0.05, 0.1) is 10.8 Å². The maximum Gasteiger partial charge on any atom is 0.233 e. The molecular weight excluding hydrogens is 411 g/mol. The second kappa shape index (κ2) is 10.1. The molecule has 0 radical (unpaired) electrons. The number of halogens is 1. The van der Waals surface area contributed by atoms with E-state index in [0.717, 1.165) is 19.3 Å². The van der Waals surface area contributed by atoms with Gasteiger partial charge in [-0.3, -0.25) is 4.79 Å². The Bertz CT molecular complexity index is 1020. The number of hydrogen-bond acceptors (Lipinski definition) is 4. The van der Waals surface area contributed by atoms with Crippen LogP contribution in [0.25, 0.3) is 11.4 Å². The molecule has 5 nitrogen and oxygen atoms in total. The van der Waals surface area contributed by atoms with Crippen molar-refractivity contribution in [2.45, 2.75) is 62.0 Å². The molecule has 7 heteroatoms. The van der Waals surface area contributed by atoms with Gasteiger partial charge < -0.3 is 9.88 Å². The van der Waals surface area contributed by atoms with E-state index in [4.69, 9.17) is 0 Å². The predicted molar refractivity (Wildman–Crippen MR) is 121 cm³/mol. The van der Waals surface area contributed by atoms with Crippen LogP contribution in [0.15, 0.2) is 59.8 Å². The minimum atomic E-state index is -0.334. The van der Waals surface area contributed by atoms with Crippen LogP contribution in [0.4, 0.5) is 4.39 Å². The number of thioether (sulfide) groups is 1. The van der Waals surface area contributed by atoms with Gasteiger partial charge in [0, 0.05) is 12.6 Å². The first kappa shape index (κ1) is 21.6. The van der Waals surface area contributed by atoms with Crippen LogP contribution in [0.1, 0.15) is 38.2 Å². The summed E-state index contributed by atoms with van der Waals surface area (Å²) in [4.78, 5) is 12.7. The zero-order valence-corrected chi connectivity index (χ0v) is 18.4. The Hall–Kier alpha value is -2.67. The highest BCUT2D eigenvalue weighted by Gasteiger charge is 2.24. The predicted octanol–water partition coefficient (Wildman–Crippen LogP) is 4.87. The molecule has 1 heterocycles. The van der Waals surface area contributed by atoms with Crippen LogP contribution in [0.5, 0.6) is 0 Å². The highest BCUT2D eigenvalue weighted by molar-refractivity contribution is 8.00. The largest absolute Gasteiger partial charge is 0.352 e. The molecule has 1 aliphatic rings. The molecule has 31 heavy (non-hydrogen) atoms. The lowest BCUT2D eigenvalue weighted by Crippen LogP contribution is -2.37. The fourth-order valence-electron chi connectivity index (χ4n) is 3.91. The number of nitrogens with one attached hydrogen (secondary N) is 1. The van der Waals surface area contributed by atoms with Crippen LogP contribution in [-0.2, 0) is 17.8 Å². The Morgan fingerprint density at radius 3 is 2.58 bits per heavy atom. The Labute approximate surface area is 186 Å². The summed E-state index contributed by atoms with van der Waals surface area (Å²) in [7, 11) is 0. The number of benzene rings is 2. The molecule has 2 aromatic carbocycles. The highest BCUT2D eigenvalue weighted by Crippen LogP contribution is 2.29. The minimum absolute atomic E-state index is 0.0157. The molecule has 0 aliphatic heterocycles. The summed E-state index contributed by atoms with van der Waals surface area (Å²) in [5.41, 5.74) is 1.59. The molecule has 1 unspecified atom stereocenters. The second-order valence-corrected chi connectivity index (χ2v) is 9.23. The van der Waals surface area contributed by atoms with Gasteiger partial charge in [-0.25, -0.2) is 4.39 Å². The van der Waals surface area contributed by atoms with Crippen molar-refractivity contribution in [2.24, 2.45) is 0 Å². The molecule has 1 aromatic heterocycles. The van der Waals surface area contributed by atoms with Crippen LogP contribution in [0, 0.1) is 5.82 Å². The molecule has 1 N–H and O–H groups in total. The fourth-order valence-corrected chi connectivity index (χ4v) is 4.79. The van der Waals surface area contributed by atoms with Crippen LogP contribution in [0.3, 0.4) is 0 Å². The Morgan fingerprint density at radius 1 is 1.13 bits per heavy atom. The van der Waals surface area contributed by atoms with E-state index in [1.807, 2.05) is 29.7 Å². The van der Waals surface area contributed by atoms with E-state index in [2.05, 4.69) is 27.6 Å². The molecular formula is C24H27FN4OS. The number of hydrogen-bond donors (Lipinski definition) is 1. The number of rotatable bonds is 8. The lowest BCUT2D eigenvalue weighted by molar-refractivity contribution is -0.120. The molecule has 162 valence electrons. The summed E-state index contributed by atoms with van der Waals surface area (Å²) in [6.07, 6.45) is 5.21. The number of carbonyl (C=O) groups is 1. The van der Waals surface area contributed by atoms with Crippen molar-refractivity contribution in [3.63, 3.8) is 0 Å². The van der Waals surface area contributed by atoms with Gasteiger partial charge in [0.25, 0.3) is 0 Å². The van der Waals surface area contributed by atoms with Crippen molar-refractivity contribution in [3.8, 4) is 11.4 Å². The Balaban J connectivity index is 1.56. The van der Waals surface area contributed by atoms with Crippen LogP contribution in [-0.4, -0.2) is 32.0 Å². The third-order valence-electron chi connectivity index (χ3n) is 5.65. The van der Waals surface area contributed by atoms with Crippen molar-refractivity contribution in [3.05, 3.63) is 66.0 Å². The Morgan fingerprint density at radius 2 is 1.84 bits per heavy atom. The maximum absolute atomic E-state index is 14.5. The number of amides is 1. The smallest absolute Gasteiger partial charge is 0.233 e. The first-order valence-corrected chi connectivity index (χ1v) is 11.7. The number of carbonyl (C=O) groups excluding carboxylic acids is 1. The zero-order valence-electron chi connectivity index (χ0n) is 17.6. The van der Waals surface area contributed by atoms with E-state index < -0.39 is 0 Å². The van der Waals surface area contributed by atoms with E-state index in [-0.39, 0.29) is 23.0 Å². The maximum atomic E-state index is 14.5. The lowest BCUT2D eigenvalue weighted by Gasteiger charge is -2.17. The molecule has 1 saturated carbocycles. The van der Waals surface area contributed by atoms with Gasteiger partial charge in [0.15, 0.2) is 11.0 Å². The lowest BCUT2D eigenvalue weighted by atomic mass is 10.1. The molecule has 1 amide bonds. The quantitative estimate of drug-likeness (QED) is 0.510. The summed E-state index contributed by atoms with van der Waals surface area (Å²) < 4.78 is 16.4. The molecule has 4 rings (SSSR count). The fraction of sp³-hybridized carbons (Fsp3) is 0.375. The van der Waals surface area contributed by atoms with Crippen LogP contribution < -0.4 is 5.32 Å². The minimum Gasteiger partial charge on any atom is -0.352 e. The average molecular weight is 439 g/mol. The molecule has 1 atom stereocenters. The van der Waals surface area contributed by atoms with Crippen molar-refractivity contribution < 1.29 is 9.18 Å². The molecule has 0 bridgehead atoms. The van der Waals surface area contributed by atoms with Crippen LogP contribution in [0.2, 0.25) is 0 Å². The van der Waals surface area contributed by atoms with Gasteiger partial charge >= 0.3 is 0 Å². The third-order valence-corrected chi connectivity index (χ3v) is 6.73. The SMILES string of the molecule is CC(Sc1nnc(-c2ccccc2F)n1CCc1ccccc1)C(=O)NC1CCCC1. The van der Waals surface area contributed by atoms with Gasteiger partial charge in [-0.05, 0) is 43.9 Å². The molecule has 0 spiro atoms. The van der Waals surface area contributed by atoms with E-state index in [9.17, 15) is 9.18 Å². The normalized spacial score (nSPS) is 15.2.